The minimum Gasteiger partial charge on any atom is -1.00 e. The maximum Gasteiger partial charge on any atom is 0.171 e. The van der Waals surface area contributed by atoms with Gasteiger partial charge in [-0.05, 0) is 19.9 Å². The van der Waals surface area contributed by atoms with Gasteiger partial charge in [-0.3, -0.25) is 0 Å². The minimum absolute atomic E-state index is 0. The van der Waals surface area contributed by atoms with Crippen molar-refractivity contribution in [2.45, 2.75) is 20.4 Å². The first kappa shape index (κ1) is 9.44. The summed E-state index contributed by atoms with van der Waals surface area (Å²) in [5, 5.41) is 0. The van der Waals surface area contributed by atoms with Crippen LogP contribution in [-0.4, -0.2) is 0 Å². The fraction of sp³-hybridized carbons (Fsp3) is 0.375. The summed E-state index contributed by atoms with van der Waals surface area (Å²) >= 11 is 0. The Morgan fingerprint density at radius 1 is 1.50 bits per heavy atom. The molecule has 0 aliphatic carbocycles. The number of aromatic nitrogens is 1. The summed E-state index contributed by atoms with van der Waals surface area (Å²) in [6.45, 7) is 5.30. The molecule has 0 radical (unpaired) electrons. The highest BCUT2D eigenvalue weighted by Crippen LogP contribution is 1.88. The number of nitrogens with zero attached hydrogens (tertiary/aromatic N) is 1. The van der Waals surface area contributed by atoms with Crippen LogP contribution in [0, 0.1) is 6.92 Å². The third-order valence-electron chi connectivity index (χ3n) is 1.37. The van der Waals surface area contributed by atoms with Crippen LogP contribution >= 0.6 is 0 Å². The van der Waals surface area contributed by atoms with Crippen LogP contribution in [0.25, 0.3) is 0 Å². The third-order valence-corrected chi connectivity index (χ3v) is 1.37. The van der Waals surface area contributed by atoms with Gasteiger partial charge in [-0.1, -0.05) is 0 Å². The van der Waals surface area contributed by atoms with Gasteiger partial charge >= 0.3 is 0 Å². The first-order valence-electron chi connectivity index (χ1n) is 3.28. The predicted octanol–water partition coefficient (Wildman–Crippen LogP) is -1.69. The van der Waals surface area contributed by atoms with Crippen molar-refractivity contribution in [2.24, 2.45) is 0 Å². The zero-order chi connectivity index (χ0) is 6.69. The summed E-state index contributed by atoms with van der Waals surface area (Å²) in [6.07, 6.45) is 4.22. The van der Waals surface area contributed by atoms with Gasteiger partial charge in [0.05, 0.1) is 0 Å². The molecule has 10 heavy (non-hydrogen) atoms. The van der Waals surface area contributed by atoms with E-state index in [0.29, 0.717) is 0 Å². The first-order chi connectivity index (χ1) is 4.33. The van der Waals surface area contributed by atoms with Gasteiger partial charge in [0.25, 0.3) is 0 Å². The second-order valence-corrected chi connectivity index (χ2v) is 2.21. The van der Waals surface area contributed by atoms with Crippen LogP contribution in [0.3, 0.4) is 0 Å². The van der Waals surface area contributed by atoms with E-state index in [2.05, 4.69) is 42.9 Å². The molecule has 0 N–H and O–H groups in total. The van der Waals surface area contributed by atoms with Crippen molar-refractivity contribution in [2.75, 3.05) is 0 Å². The van der Waals surface area contributed by atoms with Crippen molar-refractivity contribution in [3.63, 3.8) is 0 Å². The lowest BCUT2D eigenvalue weighted by Gasteiger charge is -1.90. The normalized spacial score (nSPS) is 8.60. The highest BCUT2D eigenvalue weighted by molar-refractivity contribution is 5.01. The second kappa shape index (κ2) is 4.29. The van der Waals surface area contributed by atoms with Crippen LogP contribution in [0.15, 0.2) is 24.5 Å². The topological polar surface area (TPSA) is 3.88 Å². The van der Waals surface area contributed by atoms with E-state index in [1.165, 1.54) is 5.56 Å². The Morgan fingerprint density at radius 3 is 2.60 bits per heavy atom. The number of hydrogen-bond donors (Lipinski definition) is 0. The Labute approximate surface area is 68.1 Å². The van der Waals surface area contributed by atoms with Gasteiger partial charge in [0, 0.05) is 11.6 Å². The molecule has 0 aliphatic rings. The van der Waals surface area contributed by atoms with E-state index < -0.39 is 0 Å². The fourth-order valence-electron chi connectivity index (χ4n) is 0.850. The minimum atomic E-state index is 0. The predicted molar refractivity (Wildman–Crippen MR) is 37.0 cm³/mol. The van der Waals surface area contributed by atoms with E-state index in [1.54, 1.807) is 0 Å². The van der Waals surface area contributed by atoms with Crippen LogP contribution in [0.1, 0.15) is 12.5 Å². The molecule has 1 heterocycles. The molecule has 1 aromatic heterocycles. The lowest BCUT2D eigenvalue weighted by Crippen LogP contribution is -3.00. The zero-order valence-electron chi connectivity index (χ0n) is 6.34. The summed E-state index contributed by atoms with van der Waals surface area (Å²) in [5.74, 6) is 0. The van der Waals surface area contributed by atoms with Crippen LogP contribution < -0.4 is 17.0 Å². The summed E-state index contributed by atoms with van der Waals surface area (Å²) in [4.78, 5) is 0. The Bertz CT molecular complexity index is 198. The maximum atomic E-state index is 2.16. The number of pyridine rings is 1. The molecule has 0 spiro atoms. The number of aryl methyl sites for hydroxylation is 2. The molecule has 0 bridgehead atoms. The van der Waals surface area contributed by atoms with Crippen LogP contribution in [0.4, 0.5) is 0 Å². The molecular weight excluding hydrogens is 146 g/mol. The molecule has 1 nitrogen and oxygen atoms in total. The average Bonchev–Trinajstić information content (AvgIpc) is 1.88. The van der Waals surface area contributed by atoms with Crippen molar-refractivity contribution in [1.82, 2.24) is 0 Å². The summed E-state index contributed by atoms with van der Waals surface area (Å²) in [7, 11) is 0. The van der Waals surface area contributed by atoms with Crippen molar-refractivity contribution >= 4 is 0 Å². The highest BCUT2D eigenvalue weighted by Gasteiger charge is 1.92. The van der Waals surface area contributed by atoms with Gasteiger partial charge in [0.2, 0.25) is 0 Å². The van der Waals surface area contributed by atoms with Gasteiger partial charge in [0.15, 0.2) is 12.4 Å². The van der Waals surface area contributed by atoms with Gasteiger partial charge in [-0.2, -0.15) is 0 Å². The zero-order valence-corrected chi connectivity index (χ0v) is 7.10. The van der Waals surface area contributed by atoms with Gasteiger partial charge in [-0.15, -0.1) is 0 Å². The third kappa shape index (κ3) is 2.36. The van der Waals surface area contributed by atoms with E-state index >= 15 is 0 Å². The van der Waals surface area contributed by atoms with Crippen molar-refractivity contribution in [1.29, 1.82) is 0 Å². The SMILES string of the molecule is CC[n+]1cccc(C)c1.[Cl-]. The standard InChI is InChI=1S/C8H12N.ClH/c1-3-9-6-4-5-8(2)7-9;/h4-7H,3H2,1-2H3;1H/q+1;/p-1. The van der Waals surface area contributed by atoms with E-state index in [9.17, 15) is 0 Å². The Balaban J connectivity index is 0.000000810. The summed E-state index contributed by atoms with van der Waals surface area (Å²) in [5.41, 5.74) is 1.32. The molecule has 56 valence electrons. The molecule has 0 saturated heterocycles. The molecule has 0 saturated carbocycles. The van der Waals surface area contributed by atoms with Crippen LogP contribution in [0.5, 0.6) is 0 Å². The molecule has 0 aliphatic heterocycles. The quantitative estimate of drug-likeness (QED) is 0.429. The van der Waals surface area contributed by atoms with E-state index in [4.69, 9.17) is 0 Å². The number of hydrogen-bond acceptors (Lipinski definition) is 0. The lowest BCUT2D eigenvalue weighted by molar-refractivity contribution is -0.693. The summed E-state index contributed by atoms with van der Waals surface area (Å²) in [6, 6.07) is 4.17. The Kier molecular flexibility index (Phi) is 4.05. The number of halogens is 1. The van der Waals surface area contributed by atoms with Crippen molar-refractivity contribution in [3.8, 4) is 0 Å². The average molecular weight is 158 g/mol. The fourth-order valence-corrected chi connectivity index (χ4v) is 0.850. The van der Waals surface area contributed by atoms with Crippen LogP contribution in [-0.2, 0) is 6.54 Å². The molecule has 0 atom stereocenters. The molecule has 0 aromatic carbocycles. The highest BCUT2D eigenvalue weighted by atomic mass is 35.5. The Hall–Kier alpha value is -0.560. The van der Waals surface area contributed by atoms with Crippen molar-refractivity contribution in [3.05, 3.63) is 30.1 Å². The van der Waals surface area contributed by atoms with E-state index in [-0.39, 0.29) is 12.4 Å². The molecule has 2 heteroatoms. The molecule has 0 amide bonds. The molecule has 1 rings (SSSR count). The number of rotatable bonds is 1. The molecule has 1 aromatic rings. The molecule has 0 unspecified atom stereocenters. The van der Waals surface area contributed by atoms with E-state index in [1.807, 2.05) is 0 Å². The molecule has 0 fully saturated rings. The Morgan fingerprint density at radius 2 is 2.20 bits per heavy atom. The summed E-state index contributed by atoms with van der Waals surface area (Å²) < 4.78 is 2.16. The smallest absolute Gasteiger partial charge is 0.171 e. The monoisotopic (exact) mass is 157 g/mol. The van der Waals surface area contributed by atoms with Crippen LogP contribution in [0.2, 0.25) is 0 Å². The van der Waals surface area contributed by atoms with Gasteiger partial charge in [0.1, 0.15) is 6.54 Å². The van der Waals surface area contributed by atoms with Gasteiger partial charge < -0.3 is 12.4 Å². The second-order valence-electron chi connectivity index (χ2n) is 2.21. The van der Waals surface area contributed by atoms with E-state index in [0.717, 1.165) is 6.54 Å². The lowest BCUT2D eigenvalue weighted by atomic mass is 10.3. The van der Waals surface area contributed by atoms with Crippen molar-refractivity contribution < 1.29 is 17.0 Å². The largest absolute Gasteiger partial charge is 1.00 e. The van der Waals surface area contributed by atoms with Gasteiger partial charge in [-0.25, -0.2) is 4.57 Å². The maximum absolute atomic E-state index is 2.16. The first-order valence-corrected chi connectivity index (χ1v) is 3.28. The molecular formula is C8H12ClN.